The molecular formula is C32H34O4. The van der Waals surface area contributed by atoms with Crippen molar-refractivity contribution >= 4 is 0 Å². The molecule has 0 aliphatic heterocycles. The average Bonchev–Trinajstić information content (AvgIpc) is 3.22. The Balaban J connectivity index is 0.000000179. The van der Waals surface area contributed by atoms with Gasteiger partial charge in [0.25, 0.3) is 0 Å². The molecule has 0 saturated heterocycles. The highest BCUT2D eigenvalue weighted by atomic mass is 16.5. The highest BCUT2D eigenvalue weighted by Crippen LogP contribution is 2.42. The molecule has 1 aliphatic rings. The number of phenolic OH excluding ortho intramolecular Hbond substituents is 1. The minimum atomic E-state index is -0.442. The Bertz CT molecular complexity index is 1290. The lowest BCUT2D eigenvalue weighted by Crippen LogP contribution is -1.96. The molecule has 0 amide bonds. The number of phenols is 1. The molecule has 0 spiro atoms. The van der Waals surface area contributed by atoms with Gasteiger partial charge in [0.1, 0.15) is 5.75 Å². The molecular weight excluding hydrogens is 448 g/mol. The van der Waals surface area contributed by atoms with Gasteiger partial charge in [-0.15, -0.1) is 0 Å². The first-order valence-corrected chi connectivity index (χ1v) is 12.3. The van der Waals surface area contributed by atoms with Gasteiger partial charge in [-0.1, -0.05) is 66.7 Å². The largest absolute Gasteiger partial charge is 0.507 e. The summed E-state index contributed by atoms with van der Waals surface area (Å²) in [6.07, 6.45) is -0.269. The van der Waals surface area contributed by atoms with Crippen LogP contribution in [0, 0.1) is 13.8 Å². The van der Waals surface area contributed by atoms with E-state index in [1.165, 1.54) is 11.1 Å². The number of aliphatic hydroxyl groups is 2. The lowest BCUT2D eigenvalue weighted by atomic mass is 9.96. The number of rotatable bonds is 4. The molecule has 4 aromatic rings. The highest BCUT2D eigenvalue weighted by Gasteiger charge is 2.29. The monoisotopic (exact) mass is 482 g/mol. The van der Waals surface area contributed by atoms with Crippen molar-refractivity contribution in [3.8, 4) is 28.0 Å². The van der Waals surface area contributed by atoms with Crippen LogP contribution in [0.25, 0.3) is 22.3 Å². The average molecular weight is 483 g/mol. The third-order valence-electron chi connectivity index (χ3n) is 6.84. The van der Waals surface area contributed by atoms with Gasteiger partial charge in [-0.25, -0.2) is 0 Å². The number of benzene rings is 4. The molecule has 3 N–H and O–H groups in total. The van der Waals surface area contributed by atoms with Crippen molar-refractivity contribution in [3.05, 3.63) is 113 Å². The van der Waals surface area contributed by atoms with Crippen LogP contribution in [0.5, 0.6) is 5.75 Å². The van der Waals surface area contributed by atoms with E-state index in [1.54, 1.807) is 14.0 Å². The molecule has 0 aromatic heterocycles. The summed E-state index contributed by atoms with van der Waals surface area (Å²) in [5.74, 6) is 0.352. The van der Waals surface area contributed by atoms with E-state index in [0.717, 1.165) is 38.9 Å². The summed E-state index contributed by atoms with van der Waals surface area (Å²) in [5, 5.41) is 29.3. The van der Waals surface area contributed by atoms with Gasteiger partial charge in [0.15, 0.2) is 0 Å². The Morgan fingerprint density at radius 1 is 0.750 bits per heavy atom. The first kappa shape index (κ1) is 25.6. The van der Waals surface area contributed by atoms with Crippen molar-refractivity contribution < 1.29 is 20.1 Å². The smallest absolute Gasteiger partial charge is 0.121 e. The summed E-state index contributed by atoms with van der Waals surface area (Å²) < 4.78 is 5.47. The predicted octanol–water partition coefficient (Wildman–Crippen LogP) is 7.21. The third-order valence-corrected chi connectivity index (χ3v) is 6.84. The van der Waals surface area contributed by atoms with Crippen LogP contribution in [0.4, 0.5) is 0 Å². The molecule has 0 radical (unpaired) electrons. The van der Waals surface area contributed by atoms with E-state index in [1.807, 2.05) is 80.6 Å². The molecule has 4 aromatic carbocycles. The number of aromatic hydroxyl groups is 1. The minimum absolute atomic E-state index is 0.0470. The van der Waals surface area contributed by atoms with Crippen LogP contribution in [-0.4, -0.2) is 22.4 Å². The second-order valence-electron chi connectivity index (χ2n) is 9.44. The van der Waals surface area contributed by atoms with Gasteiger partial charge in [0.05, 0.1) is 18.3 Å². The zero-order valence-electron chi connectivity index (χ0n) is 21.3. The summed E-state index contributed by atoms with van der Waals surface area (Å²) >= 11 is 0. The van der Waals surface area contributed by atoms with Gasteiger partial charge < -0.3 is 20.1 Å². The Morgan fingerprint density at radius 3 is 1.92 bits per heavy atom. The topological polar surface area (TPSA) is 69.9 Å². The summed E-state index contributed by atoms with van der Waals surface area (Å²) in [6.45, 7) is 5.58. The van der Waals surface area contributed by atoms with E-state index in [4.69, 9.17) is 4.74 Å². The van der Waals surface area contributed by atoms with Crippen molar-refractivity contribution in [1.82, 2.24) is 0 Å². The molecule has 0 bridgehead atoms. The van der Waals surface area contributed by atoms with Crippen molar-refractivity contribution in [2.45, 2.75) is 45.5 Å². The normalized spacial score (nSPS) is 17.2. The van der Waals surface area contributed by atoms with Crippen molar-refractivity contribution in [3.63, 3.8) is 0 Å². The maximum atomic E-state index is 10.1. The van der Waals surface area contributed by atoms with Crippen LogP contribution in [0.15, 0.2) is 84.9 Å². The van der Waals surface area contributed by atoms with Crippen molar-refractivity contribution in [2.75, 3.05) is 7.11 Å². The Morgan fingerprint density at radius 2 is 1.33 bits per heavy atom. The number of aryl methyl sites for hydroxylation is 2. The molecule has 186 valence electrons. The maximum absolute atomic E-state index is 10.1. The predicted molar refractivity (Wildman–Crippen MR) is 145 cm³/mol. The second kappa shape index (κ2) is 11.1. The molecule has 3 unspecified atom stereocenters. The number of aliphatic hydroxyl groups excluding tert-OH is 2. The summed E-state index contributed by atoms with van der Waals surface area (Å²) in [5.41, 5.74) is 9.24. The van der Waals surface area contributed by atoms with Gasteiger partial charge in [-0.3, -0.25) is 0 Å². The number of fused-ring (bicyclic) bond motifs is 1. The van der Waals surface area contributed by atoms with Crippen LogP contribution in [0.2, 0.25) is 0 Å². The van der Waals surface area contributed by atoms with Gasteiger partial charge >= 0.3 is 0 Å². The van der Waals surface area contributed by atoms with E-state index in [9.17, 15) is 15.3 Å². The molecule has 4 nitrogen and oxygen atoms in total. The minimum Gasteiger partial charge on any atom is -0.507 e. The zero-order valence-corrected chi connectivity index (χ0v) is 21.3. The van der Waals surface area contributed by atoms with Crippen LogP contribution >= 0.6 is 0 Å². The SMILES string of the molecule is CC(O)c1ccc(-c2ccccc2)cc1.COC1CC(O)c2ccc(-c3cc(C)c(O)c(C)c3)cc21. The Labute approximate surface area is 213 Å². The van der Waals surface area contributed by atoms with E-state index in [-0.39, 0.29) is 6.10 Å². The summed E-state index contributed by atoms with van der Waals surface area (Å²) in [7, 11) is 1.67. The van der Waals surface area contributed by atoms with Gasteiger partial charge in [0.2, 0.25) is 0 Å². The molecule has 1 aliphatic carbocycles. The fourth-order valence-corrected chi connectivity index (χ4v) is 4.72. The van der Waals surface area contributed by atoms with Crippen LogP contribution in [0.3, 0.4) is 0 Å². The van der Waals surface area contributed by atoms with Gasteiger partial charge in [-0.05, 0) is 89.0 Å². The summed E-state index contributed by atoms with van der Waals surface area (Å²) in [6, 6.07) is 28.3. The number of ether oxygens (including phenoxy) is 1. The molecule has 5 rings (SSSR count). The third kappa shape index (κ3) is 5.52. The van der Waals surface area contributed by atoms with Gasteiger partial charge in [0, 0.05) is 13.5 Å². The molecule has 3 atom stereocenters. The fraction of sp³-hybridized carbons (Fsp3) is 0.250. The number of hydrogen-bond donors (Lipinski definition) is 3. The van der Waals surface area contributed by atoms with Crippen LogP contribution in [0.1, 0.15) is 59.5 Å². The fourth-order valence-electron chi connectivity index (χ4n) is 4.72. The maximum Gasteiger partial charge on any atom is 0.121 e. The lowest BCUT2D eigenvalue weighted by molar-refractivity contribution is 0.0659. The van der Waals surface area contributed by atoms with Crippen LogP contribution < -0.4 is 0 Å². The summed E-state index contributed by atoms with van der Waals surface area (Å²) in [4.78, 5) is 0. The Hall–Kier alpha value is -3.44. The zero-order chi connectivity index (χ0) is 25.8. The van der Waals surface area contributed by atoms with Crippen molar-refractivity contribution in [1.29, 1.82) is 0 Å². The van der Waals surface area contributed by atoms with E-state index in [0.29, 0.717) is 12.2 Å². The van der Waals surface area contributed by atoms with Crippen LogP contribution in [-0.2, 0) is 4.74 Å². The molecule has 0 heterocycles. The van der Waals surface area contributed by atoms with E-state index >= 15 is 0 Å². The standard InChI is InChI=1S/C18H20O3.C14H14O/c1-10-6-13(7-11(2)18(10)20)12-4-5-14-15(8-12)17(21-3)9-16(14)19;1-11(15)12-7-9-14(10-8-12)13-5-3-2-4-6-13/h4-8,16-17,19-20H,9H2,1-3H3;2-11,15H,1H3. The first-order chi connectivity index (χ1) is 17.3. The van der Waals surface area contributed by atoms with E-state index in [2.05, 4.69) is 18.2 Å². The molecule has 4 heteroatoms. The number of hydrogen-bond acceptors (Lipinski definition) is 4. The molecule has 36 heavy (non-hydrogen) atoms. The molecule has 0 saturated carbocycles. The first-order valence-electron chi connectivity index (χ1n) is 12.3. The quantitative estimate of drug-likeness (QED) is 0.287. The lowest BCUT2D eigenvalue weighted by Gasteiger charge is -2.12. The Kier molecular flexibility index (Phi) is 7.90. The highest BCUT2D eigenvalue weighted by molar-refractivity contribution is 5.69. The van der Waals surface area contributed by atoms with Crippen molar-refractivity contribution in [2.24, 2.45) is 0 Å². The number of methoxy groups -OCH3 is 1. The second-order valence-corrected chi connectivity index (χ2v) is 9.44. The van der Waals surface area contributed by atoms with E-state index < -0.39 is 12.2 Å². The van der Waals surface area contributed by atoms with Gasteiger partial charge in [-0.2, -0.15) is 0 Å². The molecule has 0 fully saturated rings.